The molecule has 92 valence electrons. The molecule has 1 aliphatic carbocycles. The summed E-state index contributed by atoms with van der Waals surface area (Å²) in [6, 6.07) is 0.340. The molecule has 0 spiro atoms. The first-order valence-electron chi connectivity index (χ1n) is 6.29. The molecule has 0 aromatic rings. The second kappa shape index (κ2) is 6.15. The van der Waals surface area contributed by atoms with Crippen LogP contribution in [-0.4, -0.2) is 28.8 Å². The van der Waals surface area contributed by atoms with Crippen LogP contribution in [0.4, 0.5) is 0 Å². The molecular weight excluding hydrogens is 242 g/mol. The quantitative estimate of drug-likeness (QED) is 0.792. The molecule has 2 aliphatic rings. The Morgan fingerprint density at radius 2 is 2.12 bits per heavy atom. The van der Waals surface area contributed by atoms with Crippen LogP contribution >= 0.6 is 23.4 Å². The highest BCUT2D eigenvalue weighted by molar-refractivity contribution is 8.00. The third kappa shape index (κ3) is 3.07. The molecule has 1 amide bonds. The van der Waals surface area contributed by atoms with Gasteiger partial charge in [-0.3, -0.25) is 4.79 Å². The minimum absolute atomic E-state index is 0.199. The standard InChI is InChI=1S/C12H20ClNOS/c13-8-9-4-3-5-10(9)14-12(15)11-6-1-2-7-16-11/h9-11H,1-8H2,(H,14,15). The summed E-state index contributed by atoms with van der Waals surface area (Å²) in [6.45, 7) is 0. The van der Waals surface area contributed by atoms with E-state index >= 15 is 0 Å². The summed E-state index contributed by atoms with van der Waals surface area (Å²) in [5, 5.41) is 3.40. The molecule has 2 fully saturated rings. The first-order chi connectivity index (χ1) is 7.81. The zero-order chi connectivity index (χ0) is 11.4. The number of hydrogen-bond donors (Lipinski definition) is 1. The van der Waals surface area contributed by atoms with Crippen molar-refractivity contribution in [1.82, 2.24) is 5.32 Å². The van der Waals surface area contributed by atoms with E-state index in [-0.39, 0.29) is 11.2 Å². The number of thioether (sulfide) groups is 1. The van der Waals surface area contributed by atoms with Crippen molar-refractivity contribution in [2.24, 2.45) is 5.92 Å². The molecule has 2 rings (SSSR count). The number of halogens is 1. The van der Waals surface area contributed by atoms with Gasteiger partial charge in [0.1, 0.15) is 0 Å². The van der Waals surface area contributed by atoms with E-state index in [0.29, 0.717) is 17.8 Å². The average molecular weight is 262 g/mol. The maximum absolute atomic E-state index is 12.0. The highest BCUT2D eigenvalue weighted by atomic mass is 35.5. The number of rotatable bonds is 3. The highest BCUT2D eigenvalue weighted by Crippen LogP contribution is 2.29. The lowest BCUT2D eigenvalue weighted by molar-refractivity contribution is -0.121. The molecule has 0 aromatic heterocycles. The predicted octanol–water partition coefficient (Wildman–Crippen LogP) is 2.80. The lowest BCUT2D eigenvalue weighted by Crippen LogP contribution is -2.43. The fraction of sp³-hybridized carbons (Fsp3) is 0.917. The topological polar surface area (TPSA) is 29.1 Å². The van der Waals surface area contributed by atoms with E-state index in [1.165, 1.54) is 25.7 Å². The summed E-state index contributed by atoms with van der Waals surface area (Å²) in [5.74, 6) is 2.58. The molecular formula is C12H20ClNOS. The number of alkyl halides is 1. The van der Waals surface area contributed by atoms with E-state index in [2.05, 4.69) is 5.32 Å². The van der Waals surface area contributed by atoms with Gasteiger partial charge >= 0.3 is 0 Å². The fourth-order valence-corrected chi connectivity index (χ4v) is 4.21. The largest absolute Gasteiger partial charge is 0.352 e. The SMILES string of the molecule is O=C(NC1CCCC1CCl)C1CCCCS1. The fourth-order valence-electron chi connectivity index (χ4n) is 2.63. The van der Waals surface area contributed by atoms with E-state index in [1.54, 1.807) is 0 Å². The highest BCUT2D eigenvalue weighted by Gasteiger charge is 2.30. The molecule has 3 unspecified atom stereocenters. The third-order valence-electron chi connectivity index (χ3n) is 3.66. The lowest BCUT2D eigenvalue weighted by atomic mass is 10.1. The third-order valence-corrected chi connectivity index (χ3v) is 5.43. The van der Waals surface area contributed by atoms with Crippen LogP contribution in [0.1, 0.15) is 38.5 Å². The van der Waals surface area contributed by atoms with Gasteiger partial charge in [-0.1, -0.05) is 12.8 Å². The van der Waals surface area contributed by atoms with Crippen LogP contribution in [0.3, 0.4) is 0 Å². The van der Waals surface area contributed by atoms with Gasteiger partial charge in [-0.25, -0.2) is 0 Å². The zero-order valence-electron chi connectivity index (χ0n) is 9.58. The maximum Gasteiger partial charge on any atom is 0.233 e. The van der Waals surface area contributed by atoms with E-state index in [4.69, 9.17) is 11.6 Å². The van der Waals surface area contributed by atoms with E-state index in [0.717, 1.165) is 18.6 Å². The van der Waals surface area contributed by atoms with Gasteiger partial charge in [0.15, 0.2) is 0 Å². The Morgan fingerprint density at radius 1 is 1.25 bits per heavy atom. The molecule has 1 saturated heterocycles. The van der Waals surface area contributed by atoms with Gasteiger partial charge in [-0.15, -0.1) is 23.4 Å². The van der Waals surface area contributed by atoms with Crippen LogP contribution in [0, 0.1) is 5.92 Å². The van der Waals surface area contributed by atoms with Crippen molar-refractivity contribution in [1.29, 1.82) is 0 Å². The molecule has 1 N–H and O–H groups in total. The molecule has 4 heteroatoms. The van der Waals surface area contributed by atoms with Crippen molar-refractivity contribution in [2.75, 3.05) is 11.6 Å². The monoisotopic (exact) mass is 261 g/mol. The second-order valence-corrected chi connectivity index (χ2v) is 6.43. The second-order valence-electron chi connectivity index (χ2n) is 4.82. The van der Waals surface area contributed by atoms with Crippen molar-refractivity contribution in [3.05, 3.63) is 0 Å². The molecule has 3 atom stereocenters. The van der Waals surface area contributed by atoms with Crippen molar-refractivity contribution < 1.29 is 4.79 Å². The van der Waals surface area contributed by atoms with Crippen LogP contribution in [-0.2, 0) is 4.79 Å². The summed E-state index contributed by atoms with van der Waals surface area (Å²) in [7, 11) is 0. The lowest BCUT2D eigenvalue weighted by Gasteiger charge is -2.25. The zero-order valence-corrected chi connectivity index (χ0v) is 11.2. The van der Waals surface area contributed by atoms with Crippen molar-refractivity contribution in [2.45, 2.75) is 49.8 Å². The maximum atomic E-state index is 12.0. The van der Waals surface area contributed by atoms with Crippen LogP contribution in [0.25, 0.3) is 0 Å². The van der Waals surface area contributed by atoms with Crippen LogP contribution in [0.15, 0.2) is 0 Å². The van der Waals surface area contributed by atoms with Crippen LogP contribution in [0.5, 0.6) is 0 Å². The number of nitrogens with one attached hydrogen (secondary N) is 1. The van der Waals surface area contributed by atoms with E-state index in [1.807, 2.05) is 11.8 Å². The predicted molar refractivity (Wildman–Crippen MR) is 70.1 cm³/mol. The Kier molecular flexibility index (Phi) is 4.83. The Morgan fingerprint density at radius 3 is 2.81 bits per heavy atom. The normalized spacial score (nSPS) is 34.9. The molecule has 1 heterocycles. The van der Waals surface area contributed by atoms with Crippen molar-refractivity contribution in [3.63, 3.8) is 0 Å². The first kappa shape index (κ1) is 12.6. The summed E-state index contributed by atoms with van der Waals surface area (Å²) in [6.07, 6.45) is 7.01. The minimum atomic E-state index is 0.199. The number of hydrogen-bond acceptors (Lipinski definition) is 2. The van der Waals surface area contributed by atoms with Gasteiger partial charge in [-0.2, -0.15) is 0 Å². The number of carbonyl (C=O) groups excluding carboxylic acids is 1. The number of carbonyl (C=O) groups is 1. The van der Waals surface area contributed by atoms with Gasteiger partial charge in [0.25, 0.3) is 0 Å². The summed E-state index contributed by atoms with van der Waals surface area (Å²) in [4.78, 5) is 12.0. The summed E-state index contributed by atoms with van der Waals surface area (Å²) < 4.78 is 0. The smallest absolute Gasteiger partial charge is 0.233 e. The first-order valence-corrected chi connectivity index (χ1v) is 7.87. The van der Waals surface area contributed by atoms with Crippen LogP contribution in [0.2, 0.25) is 0 Å². The Labute approximate surface area is 107 Å². The van der Waals surface area contributed by atoms with Crippen LogP contribution < -0.4 is 5.32 Å². The van der Waals surface area contributed by atoms with Crippen molar-refractivity contribution >= 4 is 29.3 Å². The Hall–Kier alpha value is 0.110. The molecule has 16 heavy (non-hydrogen) atoms. The average Bonchev–Trinajstić information content (AvgIpc) is 2.77. The number of amides is 1. The summed E-state index contributed by atoms with van der Waals surface area (Å²) in [5.41, 5.74) is 0. The Bertz CT molecular complexity index is 243. The Balaban J connectivity index is 1.81. The minimum Gasteiger partial charge on any atom is -0.352 e. The van der Waals surface area contributed by atoms with E-state index in [9.17, 15) is 4.79 Å². The molecule has 0 radical (unpaired) electrons. The summed E-state index contributed by atoms with van der Waals surface area (Å²) >= 11 is 7.73. The van der Waals surface area contributed by atoms with Gasteiger partial charge < -0.3 is 5.32 Å². The molecule has 0 bridgehead atoms. The van der Waals surface area contributed by atoms with Gasteiger partial charge in [0.05, 0.1) is 5.25 Å². The van der Waals surface area contributed by atoms with E-state index < -0.39 is 0 Å². The van der Waals surface area contributed by atoms with Gasteiger partial charge in [0, 0.05) is 11.9 Å². The molecule has 2 nitrogen and oxygen atoms in total. The van der Waals surface area contributed by atoms with Crippen molar-refractivity contribution in [3.8, 4) is 0 Å². The molecule has 1 aliphatic heterocycles. The molecule has 0 aromatic carbocycles. The van der Waals surface area contributed by atoms with Gasteiger partial charge in [0.2, 0.25) is 5.91 Å². The van der Waals surface area contributed by atoms with Gasteiger partial charge in [-0.05, 0) is 37.4 Å². The molecule has 1 saturated carbocycles.